The van der Waals surface area contributed by atoms with E-state index in [2.05, 4.69) is 19.0 Å². The lowest BCUT2D eigenvalue weighted by Gasteiger charge is -2.12. The van der Waals surface area contributed by atoms with E-state index in [1.54, 1.807) is 6.92 Å². The highest BCUT2D eigenvalue weighted by Gasteiger charge is 2.09. The first-order valence-electron chi connectivity index (χ1n) is 6.23. The second-order valence-corrected chi connectivity index (χ2v) is 4.64. The standard InChI is InChI=1S/C14H20FNO3/c1-10(2)9-18-6-7-19-14-8-12(15)4-5-13(14)11(3)16-17/h4-5,8,10,17H,6-7,9H2,1-3H3/b16-11+. The molecule has 19 heavy (non-hydrogen) atoms. The number of halogens is 1. The fraction of sp³-hybridized carbons (Fsp3) is 0.500. The van der Waals surface area contributed by atoms with Crippen molar-refractivity contribution in [1.29, 1.82) is 0 Å². The lowest BCUT2D eigenvalue weighted by molar-refractivity contribution is 0.0817. The van der Waals surface area contributed by atoms with E-state index < -0.39 is 5.82 Å². The van der Waals surface area contributed by atoms with Crippen molar-refractivity contribution in [3.8, 4) is 5.75 Å². The Labute approximate surface area is 112 Å². The van der Waals surface area contributed by atoms with Crippen LogP contribution in [0.1, 0.15) is 26.3 Å². The van der Waals surface area contributed by atoms with Crippen LogP contribution in [0, 0.1) is 11.7 Å². The van der Waals surface area contributed by atoms with Crippen molar-refractivity contribution >= 4 is 5.71 Å². The van der Waals surface area contributed by atoms with Gasteiger partial charge in [-0.05, 0) is 25.0 Å². The fourth-order valence-electron chi connectivity index (χ4n) is 1.50. The van der Waals surface area contributed by atoms with Gasteiger partial charge in [-0.25, -0.2) is 4.39 Å². The van der Waals surface area contributed by atoms with Crippen molar-refractivity contribution in [2.45, 2.75) is 20.8 Å². The van der Waals surface area contributed by atoms with E-state index >= 15 is 0 Å². The maximum absolute atomic E-state index is 13.2. The highest BCUT2D eigenvalue weighted by atomic mass is 19.1. The molecule has 4 nitrogen and oxygen atoms in total. The molecule has 0 aliphatic heterocycles. The Balaban J connectivity index is 2.59. The van der Waals surface area contributed by atoms with Crippen LogP contribution < -0.4 is 4.74 Å². The molecule has 0 amide bonds. The number of ether oxygens (including phenoxy) is 2. The highest BCUT2D eigenvalue weighted by Crippen LogP contribution is 2.20. The summed E-state index contributed by atoms with van der Waals surface area (Å²) in [6, 6.07) is 4.09. The molecule has 106 valence electrons. The van der Waals surface area contributed by atoms with Crippen molar-refractivity contribution in [3.05, 3.63) is 29.6 Å². The van der Waals surface area contributed by atoms with Gasteiger partial charge in [-0.2, -0.15) is 0 Å². The van der Waals surface area contributed by atoms with Crippen molar-refractivity contribution in [1.82, 2.24) is 0 Å². The third-order valence-electron chi connectivity index (χ3n) is 2.42. The Bertz CT molecular complexity index is 433. The van der Waals surface area contributed by atoms with E-state index in [-0.39, 0.29) is 0 Å². The molecule has 0 radical (unpaired) electrons. The van der Waals surface area contributed by atoms with Crippen molar-refractivity contribution in [2.75, 3.05) is 19.8 Å². The molecule has 0 saturated carbocycles. The quantitative estimate of drug-likeness (QED) is 0.358. The summed E-state index contributed by atoms with van der Waals surface area (Å²) < 4.78 is 24.0. The van der Waals surface area contributed by atoms with E-state index in [0.29, 0.717) is 42.8 Å². The maximum atomic E-state index is 13.2. The average molecular weight is 269 g/mol. The Morgan fingerprint density at radius 3 is 2.74 bits per heavy atom. The van der Waals surface area contributed by atoms with Gasteiger partial charge < -0.3 is 14.7 Å². The Morgan fingerprint density at radius 1 is 1.37 bits per heavy atom. The van der Waals surface area contributed by atoms with Gasteiger partial charge in [-0.1, -0.05) is 19.0 Å². The normalized spacial score (nSPS) is 11.9. The molecule has 0 bridgehead atoms. The first kappa shape index (κ1) is 15.4. The molecule has 0 aliphatic rings. The minimum atomic E-state index is -0.396. The predicted octanol–water partition coefficient (Wildman–Crippen LogP) is 3.08. The third kappa shape index (κ3) is 5.26. The third-order valence-corrected chi connectivity index (χ3v) is 2.42. The summed E-state index contributed by atoms with van der Waals surface area (Å²) >= 11 is 0. The number of nitrogens with zero attached hydrogens (tertiary/aromatic N) is 1. The number of oxime groups is 1. The summed E-state index contributed by atoms with van der Waals surface area (Å²) in [5.74, 6) is 0.421. The van der Waals surface area contributed by atoms with E-state index in [0.717, 1.165) is 0 Å². The summed E-state index contributed by atoms with van der Waals surface area (Å²) in [4.78, 5) is 0. The van der Waals surface area contributed by atoms with Crippen LogP contribution >= 0.6 is 0 Å². The lowest BCUT2D eigenvalue weighted by Crippen LogP contribution is -2.11. The molecule has 1 N–H and O–H groups in total. The zero-order valence-corrected chi connectivity index (χ0v) is 11.5. The molecule has 0 heterocycles. The van der Waals surface area contributed by atoms with Crippen LogP contribution in [0.3, 0.4) is 0 Å². The van der Waals surface area contributed by atoms with E-state index in [1.165, 1.54) is 18.2 Å². The van der Waals surface area contributed by atoms with Gasteiger partial charge in [0.15, 0.2) is 0 Å². The van der Waals surface area contributed by atoms with Crippen LogP contribution in [0.25, 0.3) is 0 Å². The largest absolute Gasteiger partial charge is 0.490 e. The maximum Gasteiger partial charge on any atom is 0.131 e. The first-order chi connectivity index (χ1) is 9.04. The molecule has 0 aliphatic carbocycles. The number of benzene rings is 1. The molecule has 0 fully saturated rings. The molecule has 0 aromatic heterocycles. The predicted molar refractivity (Wildman–Crippen MR) is 71.5 cm³/mol. The Hall–Kier alpha value is -1.62. The molecular weight excluding hydrogens is 249 g/mol. The molecule has 1 rings (SSSR count). The number of rotatable bonds is 7. The van der Waals surface area contributed by atoms with E-state index in [1.807, 2.05) is 0 Å². The molecule has 0 atom stereocenters. The molecule has 1 aromatic carbocycles. The molecular formula is C14H20FNO3. The van der Waals surface area contributed by atoms with Crippen LogP contribution in [0.15, 0.2) is 23.4 Å². The fourth-order valence-corrected chi connectivity index (χ4v) is 1.50. The van der Waals surface area contributed by atoms with Gasteiger partial charge >= 0.3 is 0 Å². The minimum Gasteiger partial charge on any atom is -0.490 e. The zero-order chi connectivity index (χ0) is 14.3. The minimum absolute atomic E-state index is 0.321. The van der Waals surface area contributed by atoms with Gasteiger partial charge in [0, 0.05) is 18.2 Å². The lowest BCUT2D eigenvalue weighted by atomic mass is 10.1. The topological polar surface area (TPSA) is 51.1 Å². The van der Waals surface area contributed by atoms with Gasteiger partial charge in [-0.15, -0.1) is 0 Å². The molecule has 5 heteroatoms. The SMILES string of the molecule is C/C(=N\O)c1ccc(F)cc1OCCOCC(C)C. The van der Waals surface area contributed by atoms with Gasteiger partial charge in [-0.3, -0.25) is 0 Å². The van der Waals surface area contributed by atoms with Gasteiger partial charge in [0.05, 0.1) is 12.3 Å². The Morgan fingerprint density at radius 2 is 2.11 bits per heavy atom. The smallest absolute Gasteiger partial charge is 0.131 e. The molecule has 1 aromatic rings. The number of hydrogen-bond donors (Lipinski definition) is 1. The molecule has 0 unspecified atom stereocenters. The van der Waals surface area contributed by atoms with Gasteiger partial charge in [0.2, 0.25) is 0 Å². The second kappa shape index (κ2) is 7.74. The van der Waals surface area contributed by atoms with Gasteiger partial charge in [0.25, 0.3) is 0 Å². The Kier molecular flexibility index (Phi) is 6.29. The number of hydrogen-bond acceptors (Lipinski definition) is 4. The summed E-state index contributed by atoms with van der Waals surface area (Å²) in [6.07, 6.45) is 0. The molecule has 0 spiro atoms. The summed E-state index contributed by atoms with van der Waals surface area (Å²) in [7, 11) is 0. The van der Waals surface area contributed by atoms with Crippen LogP contribution in [-0.2, 0) is 4.74 Å². The van der Waals surface area contributed by atoms with Crippen LogP contribution in [-0.4, -0.2) is 30.7 Å². The summed E-state index contributed by atoms with van der Waals surface area (Å²) in [5.41, 5.74) is 0.936. The van der Waals surface area contributed by atoms with Gasteiger partial charge in [0.1, 0.15) is 18.2 Å². The zero-order valence-electron chi connectivity index (χ0n) is 11.5. The highest BCUT2D eigenvalue weighted by molar-refractivity contribution is 6.00. The molecule has 0 saturated heterocycles. The van der Waals surface area contributed by atoms with Crippen molar-refractivity contribution in [2.24, 2.45) is 11.1 Å². The van der Waals surface area contributed by atoms with E-state index in [4.69, 9.17) is 14.7 Å². The summed E-state index contributed by atoms with van der Waals surface area (Å²) in [6.45, 7) is 7.16. The monoisotopic (exact) mass is 269 g/mol. The average Bonchev–Trinajstić information content (AvgIpc) is 2.37. The van der Waals surface area contributed by atoms with Crippen LogP contribution in [0.2, 0.25) is 0 Å². The van der Waals surface area contributed by atoms with Crippen molar-refractivity contribution in [3.63, 3.8) is 0 Å². The van der Waals surface area contributed by atoms with E-state index in [9.17, 15) is 4.39 Å². The van der Waals surface area contributed by atoms with Crippen LogP contribution in [0.4, 0.5) is 4.39 Å². The summed E-state index contributed by atoms with van der Waals surface area (Å²) in [5, 5.41) is 11.9. The second-order valence-electron chi connectivity index (χ2n) is 4.64. The first-order valence-corrected chi connectivity index (χ1v) is 6.23. The van der Waals surface area contributed by atoms with Crippen molar-refractivity contribution < 1.29 is 19.1 Å². The van der Waals surface area contributed by atoms with Crippen LogP contribution in [0.5, 0.6) is 5.75 Å².